The molecule has 11 heteroatoms. The third-order valence-corrected chi connectivity index (χ3v) is 7.38. The molecule has 2 aliphatic heterocycles. The summed E-state index contributed by atoms with van der Waals surface area (Å²) in [6.45, 7) is 1.05. The van der Waals surface area contributed by atoms with Crippen LogP contribution in [0.15, 0.2) is 42.5 Å². The minimum absolute atomic E-state index is 0.103. The molecule has 5 amide bonds. The molecule has 0 bridgehead atoms. The van der Waals surface area contributed by atoms with Crippen LogP contribution in [0.3, 0.4) is 0 Å². The number of carbonyl (C=O) groups is 4. The maximum Gasteiger partial charge on any atom is 0.418 e. The van der Waals surface area contributed by atoms with Gasteiger partial charge in [-0.15, -0.1) is 0 Å². The zero-order chi connectivity index (χ0) is 26.9. The lowest BCUT2D eigenvalue weighted by atomic mass is 9.94. The minimum Gasteiger partial charge on any atom is -0.427 e. The molecule has 0 aromatic heterocycles. The van der Waals surface area contributed by atoms with Gasteiger partial charge in [-0.1, -0.05) is 18.2 Å². The molecule has 1 unspecified atom stereocenters. The normalized spacial score (nSPS) is 21.9. The van der Waals surface area contributed by atoms with Crippen molar-refractivity contribution in [3.8, 4) is 0 Å². The Morgan fingerprint density at radius 3 is 2.71 bits per heavy atom. The van der Waals surface area contributed by atoms with Crippen LogP contribution in [0.2, 0.25) is 0 Å². The highest BCUT2D eigenvalue weighted by molar-refractivity contribution is 6.06. The Morgan fingerprint density at radius 1 is 1.21 bits per heavy atom. The molecule has 1 aliphatic carbocycles. The number of benzene rings is 2. The summed E-state index contributed by atoms with van der Waals surface area (Å²) in [4.78, 5) is 54.1. The molecule has 2 saturated heterocycles. The standard InChI is InChI=1S/C27H30FN5O5/c1-29-25(36)31-20-8-9-22-18(13-20)10-11-27(22)24(35)33(26(37)38-27)16-23(34)32(15-21-3-2-12-30-21)14-17-4-6-19(28)7-5-17/h4-9,13,21,30H,2-3,10-12,14-16H2,1H3,(H2,29,31,36)/t21?,27-/m1/s1. The van der Waals surface area contributed by atoms with Gasteiger partial charge in [0.25, 0.3) is 5.91 Å². The summed E-state index contributed by atoms with van der Waals surface area (Å²) in [5.74, 6) is -1.33. The molecule has 1 spiro atoms. The quantitative estimate of drug-likeness (QED) is 0.513. The van der Waals surface area contributed by atoms with E-state index in [1.54, 1.807) is 35.2 Å². The summed E-state index contributed by atoms with van der Waals surface area (Å²) in [6, 6.07) is 10.7. The molecule has 2 atom stereocenters. The third kappa shape index (κ3) is 4.93. The molecule has 38 heavy (non-hydrogen) atoms. The number of hydrogen-bond acceptors (Lipinski definition) is 6. The van der Waals surface area contributed by atoms with Crippen LogP contribution in [0, 0.1) is 5.82 Å². The lowest BCUT2D eigenvalue weighted by Crippen LogP contribution is -2.47. The first-order valence-corrected chi connectivity index (χ1v) is 12.7. The van der Waals surface area contributed by atoms with Gasteiger partial charge in [0.1, 0.15) is 12.4 Å². The van der Waals surface area contributed by atoms with E-state index >= 15 is 0 Å². The molecule has 0 radical (unpaired) electrons. The molecule has 3 aliphatic rings. The first-order valence-electron chi connectivity index (χ1n) is 12.7. The Balaban J connectivity index is 1.33. The number of amides is 5. The predicted molar refractivity (Wildman–Crippen MR) is 136 cm³/mol. The van der Waals surface area contributed by atoms with Gasteiger partial charge in [-0.2, -0.15) is 0 Å². The third-order valence-electron chi connectivity index (χ3n) is 7.38. The number of hydrogen-bond donors (Lipinski definition) is 3. The lowest BCUT2D eigenvalue weighted by molar-refractivity contribution is -0.142. The maximum absolute atomic E-state index is 13.6. The smallest absolute Gasteiger partial charge is 0.418 e. The number of anilines is 1. The highest BCUT2D eigenvalue weighted by atomic mass is 19.1. The van der Waals surface area contributed by atoms with Crippen LogP contribution < -0.4 is 16.0 Å². The largest absolute Gasteiger partial charge is 0.427 e. The first kappa shape index (κ1) is 25.7. The van der Waals surface area contributed by atoms with Gasteiger partial charge < -0.3 is 25.6 Å². The van der Waals surface area contributed by atoms with Crippen molar-refractivity contribution in [1.82, 2.24) is 20.4 Å². The number of imide groups is 1. The van der Waals surface area contributed by atoms with Crippen molar-refractivity contribution in [3.63, 3.8) is 0 Å². The number of rotatable bonds is 7. The molecule has 2 heterocycles. The Labute approximate surface area is 219 Å². The van der Waals surface area contributed by atoms with Crippen LogP contribution in [0.5, 0.6) is 0 Å². The number of carbonyl (C=O) groups excluding carboxylic acids is 4. The van der Waals surface area contributed by atoms with Crippen molar-refractivity contribution >= 4 is 29.6 Å². The Morgan fingerprint density at radius 2 is 2.00 bits per heavy atom. The molecular weight excluding hydrogens is 493 g/mol. The Bertz CT molecular complexity index is 1260. The van der Waals surface area contributed by atoms with E-state index in [1.165, 1.54) is 19.2 Å². The summed E-state index contributed by atoms with van der Waals surface area (Å²) in [7, 11) is 1.51. The average Bonchev–Trinajstić information content (AvgIpc) is 3.61. The summed E-state index contributed by atoms with van der Waals surface area (Å²) < 4.78 is 19.1. The van der Waals surface area contributed by atoms with Gasteiger partial charge in [0.05, 0.1) is 0 Å². The Kier molecular flexibility index (Phi) is 7.02. The molecule has 2 aromatic carbocycles. The van der Waals surface area contributed by atoms with E-state index in [-0.39, 0.29) is 30.9 Å². The number of urea groups is 1. The SMILES string of the molecule is CNC(=O)Nc1ccc2c(c1)CC[C@@]21OC(=O)N(CC(=O)N(Cc2ccc(F)cc2)CC2CCCN2)C1=O. The van der Waals surface area contributed by atoms with E-state index in [0.717, 1.165) is 35.4 Å². The molecule has 3 N–H and O–H groups in total. The highest BCUT2D eigenvalue weighted by Crippen LogP contribution is 2.46. The van der Waals surface area contributed by atoms with Gasteiger partial charge >= 0.3 is 12.1 Å². The van der Waals surface area contributed by atoms with Crippen LogP contribution >= 0.6 is 0 Å². The van der Waals surface area contributed by atoms with Crippen molar-refractivity contribution in [2.45, 2.75) is 43.9 Å². The second kappa shape index (κ2) is 10.4. The van der Waals surface area contributed by atoms with Gasteiger partial charge in [0, 0.05) is 43.9 Å². The second-order valence-corrected chi connectivity index (χ2v) is 9.86. The van der Waals surface area contributed by atoms with Crippen LogP contribution in [-0.2, 0) is 32.9 Å². The maximum atomic E-state index is 13.6. The van der Waals surface area contributed by atoms with Crippen LogP contribution in [0.25, 0.3) is 0 Å². The van der Waals surface area contributed by atoms with E-state index in [2.05, 4.69) is 16.0 Å². The summed E-state index contributed by atoms with van der Waals surface area (Å²) in [5.41, 5.74) is 1.17. The molecule has 0 saturated carbocycles. The molecule has 10 nitrogen and oxygen atoms in total. The van der Waals surface area contributed by atoms with Crippen molar-refractivity contribution in [2.75, 3.05) is 32.0 Å². The van der Waals surface area contributed by atoms with Gasteiger partial charge in [-0.3, -0.25) is 9.59 Å². The predicted octanol–water partition coefficient (Wildman–Crippen LogP) is 2.48. The number of nitrogens with one attached hydrogen (secondary N) is 3. The van der Waals surface area contributed by atoms with E-state index < -0.39 is 30.1 Å². The fraction of sp³-hybridized carbons (Fsp3) is 0.407. The monoisotopic (exact) mass is 523 g/mol. The summed E-state index contributed by atoms with van der Waals surface area (Å²) in [6.07, 6.45) is 1.79. The molecular formula is C27H30FN5O5. The van der Waals surface area contributed by atoms with Crippen LogP contribution in [-0.4, -0.2) is 66.5 Å². The molecule has 2 fully saturated rings. The first-order chi connectivity index (χ1) is 18.3. The fourth-order valence-electron chi connectivity index (χ4n) is 5.40. The Hall–Kier alpha value is -3.99. The average molecular weight is 524 g/mol. The second-order valence-electron chi connectivity index (χ2n) is 9.86. The fourth-order valence-corrected chi connectivity index (χ4v) is 5.40. The van der Waals surface area contributed by atoms with E-state index in [0.29, 0.717) is 24.2 Å². The van der Waals surface area contributed by atoms with Crippen LogP contribution in [0.4, 0.5) is 19.7 Å². The lowest BCUT2D eigenvalue weighted by Gasteiger charge is -2.27. The molecule has 200 valence electrons. The van der Waals surface area contributed by atoms with Gasteiger partial charge in [-0.05, 0) is 61.2 Å². The number of nitrogens with zero attached hydrogens (tertiary/aromatic N) is 2. The van der Waals surface area contributed by atoms with Crippen molar-refractivity contribution in [1.29, 1.82) is 0 Å². The van der Waals surface area contributed by atoms with Gasteiger partial charge in [0.15, 0.2) is 0 Å². The zero-order valence-electron chi connectivity index (χ0n) is 21.1. The van der Waals surface area contributed by atoms with E-state index in [4.69, 9.17) is 4.74 Å². The van der Waals surface area contributed by atoms with Gasteiger partial charge in [0.2, 0.25) is 11.5 Å². The van der Waals surface area contributed by atoms with Crippen molar-refractivity contribution < 1.29 is 28.3 Å². The van der Waals surface area contributed by atoms with E-state index in [9.17, 15) is 23.6 Å². The number of halogens is 1. The zero-order valence-corrected chi connectivity index (χ0v) is 21.1. The van der Waals surface area contributed by atoms with Crippen molar-refractivity contribution in [2.24, 2.45) is 0 Å². The topological polar surface area (TPSA) is 120 Å². The van der Waals surface area contributed by atoms with Crippen molar-refractivity contribution in [3.05, 3.63) is 65.0 Å². The number of ether oxygens (including phenoxy) is 1. The highest BCUT2D eigenvalue weighted by Gasteiger charge is 2.58. The minimum atomic E-state index is -1.48. The van der Waals surface area contributed by atoms with Crippen LogP contribution in [0.1, 0.15) is 36.0 Å². The van der Waals surface area contributed by atoms with Gasteiger partial charge in [-0.25, -0.2) is 18.9 Å². The number of fused-ring (bicyclic) bond motifs is 2. The number of aryl methyl sites for hydroxylation is 1. The summed E-state index contributed by atoms with van der Waals surface area (Å²) >= 11 is 0. The van der Waals surface area contributed by atoms with E-state index in [1.807, 2.05) is 0 Å². The summed E-state index contributed by atoms with van der Waals surface area (Å²) in [5, 5.41) is 8.53. The molecule has 2 aromatic rings. The molecule has 5 rings (SSSR count).